The van der Waals surface area contributed by atoms with E-state index in [2.05, 4.69) is 24.3 Å². The molecule has 1 aliphatic carbocycles. The van der Waals surface area contributed by atoms with Gasteiger partial charge in [-0.25, -0.2) is 0 Å². The Morgan fingerprint density at radius 1 is 1.54 bits per heavy atom. The number of carbonyl (C=O) groups excluding carboxylic acids is 1. The molecule has 0 aromatic rings. The van der Waals surface area contributed by atoms with Crippen LogP contribution in [0.3, 0.4) is 0 Å². The average molecular weight is 205 g/mol. The molecular weight excluding hydrogens is 188 g/mol. The minimum Gasteiger partial charge on any atom is -0.351 e. The Morgan fingerprint density at radius 3 is 2.77 bits per heavy atom. The van der Waals surface area contributed by atoms with E-state index in [9.17, 15) is 4.79 Å². The van der Waals surface area contributed by atoms with Crippen molar-refractivity contribution in [2.24, 2.45) is 0 Å². The first-order chi connectivity index (χ1) is 6.15. The molecule has 0 saturated heterocycles. The zero-order chi connectivity index (χ0) is 9.84. The van der Waals surface area contributed by atoms with E-state index in [-0.39, 0.29) is 11.8 Å². The van der Waals surface area contributed by atoms with Gasteiger partial charge in [0.15, 0.2) is 0 Å². The maximum Gasteiger partial charge on any atom is 0.235 e. The second-order valence-corrected chi connectivity index (χ2v) is 4.04. The number of hydrogen-bond acceptors (Lipinski definition) is 2. The van der Waals surface area contributed by atoms with Crippen LogP contribution in [0.15, 0.2) is 0 Å². The Morgan fingerprint density at radius 2 is 2.23 bits per heavy atom. The van der Waals surface area contributed by atoms with Crippen LogP contribution in [0.1, 0.15) is 19.3 Å². The van der Waals surface area contributed by atoms with E-state index in [1.54, 1.807) is 0 Å². The number of hydrogen-bond donors (Lipinski definition) is 1. The summed E-state index contributed by atoms with van der Waals surface area (Å²) in [6.45, 7) is 0. The highest BCUT2D eigenvalue weighted by Gasteiger charge is 2.29. The number of alkyl halides is 1. The maximum absolute atomic E-state index is 11.1. The Kier molecular flexibility index (Phi) is 4.00. The lowest BCUT2D eigenvalue weighted by Gasteiger charge is -2.26. The molecule has 4 heteroatoms. The minimum atomic E-state index is -0.0552. The summed E-state index contributed by atoms with van der Waals surface area (Å²) in [7, 11) is 4.10. The maximum atomic E-state index is 11.1. The summed E-state index contributed by atoms with van der Waals surface area (Å²) in [5, 5.41) is 2.95. The van der Waals surface area contributed by atoms with Gasteiger partial charge in [0.1, 0.15) is 5.88 Å². The molecule has 2 atom stereocenters. The lowest BCUT2D eigenvalue weighted by Crippen LogP contribution is -2.46. The molecule has 0 bridgehead atoms. The molecule has 0 aliphatic heterocycles. The normalized spacial score (nSPS) is 28.0. The third kappa shape index (κ3) is 2.85. The van der Waals surface area contributed by atoms with Crippen molar-refractivity contribution in [1.29, 1.82) is 0 Å². The van der Waals surface area contributed by atoms with Crippen molar-refractivity contribution in [3.8, 4) is 0 Å². The molecule has 76 valence electrons. The average Bonchev–Trinajstić information content (AvgIpc) is 2.52. The highest BCUT2D eigenvalue weighted by molar-refractivity contribution is 6.27. The molecule has 0 aromatic carbocycles. The molecule has 1 rings (SSSR count). The van der Waals surface area contributed by atoms with Crippen molar-refractivity contribution >= 4 is 17.5 Å². The van der Waals surface area contributed by atoms with E-state index in [0.29, 0.717) is 12.1 Å². The number of rotatable bonds is 3. The number of halogens is 1. The molecule has 0 unspecified atom stereocenters. The number of likely N-dealkylation sites (N-methyl/N-ethyl adjacent to an activating group) is 1. The highest BCUT2D eigenvalue weighted by Crippen LogP contribution is 2.22. The van der Waals surface area contributed by atoms with Crippen LogP contribution in [-0.4, -0.2) is 42.9 Å². The fourth-order valence-electron chi connectivity index (χ4n) is 1.97. The number of nitrogens with one attached hydrogen (secondary N) is 1. The van der Waals surface area contributed by atoms with E-state index < -0.39 is 0 Å². The van der Waals surface area contributed by atoms with Crippen molar-refractivity contribution in [3.63, 3.8) is 0 Å². The number of carbonyl (C=O) groups is 1. The molecule has 0 spiro atoms. The largest absolute Gasteiger partial charge is 0.351 e. The summed E-state index contributed by atoms with van der Waals surface area (Å²) in [6, 6.07) is 0.772. The number of nitrogens with zero attached hydrogens (tertiary/aromatic N) is 1. The second kappa shape index (κ2) is 4.82. The summed E-state index contributed by atoms with van der Waals surface area (Å²) in [5.74, 6) is 0.0109. The van der Waals surface area contributed by atoms with Crippen molar-refractivity contribution in [1.82, 2.24) is 10.2 Å². The van der Waals surface area contributed by atoms with Gasteiger partial charge in [-0.15, -0.1) is 11.6 Å². The fourth-order valence-corrected chi connectivity index (χ4v) is 2.05. The smallest absolute Gasteiger partial charge is 0.235 e. The molecule has 1 aliphatic rings. The Hall–Kier alpha value is -0.280. The van der Waals surface area contributed by atoms with Gasteiger partial charge in [-0.2, -0.15) is 0 Å². The summed E-state index contributed by atoms with van der Waals surface area (Å²) in [5.41, 5.74) is 0. The lowest BCUT2D eigenvalue weighted by molar-refractivity contribution is -0.119. The van der Waals surface area contributed by atoms with Crippen molar-refractivity contribution in [2.45, 2.75) is 31.3 Å². The first kappa shape index (κ1) is 10.8. The topological polar surface area (TPSA) is 32.3 Å². The van der Waals surface area contributed by atoms with Gasteiger partial charge in [0.2, 0.25) is 5.91 Å². The minimum absolute atomic E-state index is 0.0552. The number of amides is 1. The molecule has 3 nitrogen and oxygen atoms in total. The Balaban J connectivity index is 2.44. The van der Waals surface area contributed by atoms with Gasteiger partial charge in [-0.1, -0.05) is 0 Å². The van der Waals surface area contributed by atoms with E-state index >= 15 is 0 Å². The summed E-state index contributed by atoms with van der Waals surface area (Å²) >= 11 is 5.43. The van der Waals surface area contributed by atoms with Crippen LogP contribution < -0.4 is 5.32 Å². The van der Waals surface area contributed by atoms with Gasteiger partial charge in [0.05, 0.1) is 0 Å². The van der Waals surface area contributed by atoms with Crippen LogP contribution in [0.4, 0.5) is 0 Å². The molecular formula is C9H17ClN2O. The molecule has 1 fully saturated rings. The zero-order valence-corrected chi connectivity index (χ0v) is 8.97. The van der Waals surface area contributed by atoms with Gasteiger partial charge in [0, 0.05) is 12.1 Å². The zero-order valence-electron chi connectivity index (χ0n) is 8.22. The lowest BCUT2D eigenvalue weighted by atomic mass is 10.1. The molecule has 1 N–H and O–H groups in total. The standard InChI is InChI=1S/C9H17ClN2O/c1-12(2)8-5-3-4-7(8)11-9(13)6-10/h7-8H,3-6H2,1-2H3,(H,11,13)/t7-,8-/m0/s1. The van der Waals surface area contributed by atoms with Gasteiger partial charge in [0.25, 0.3) is 0 Å². The second-order valence-electron chi connectivity index (χ2n) is 3.77. The molecule has 1 amide bonds. The van der Waals surface area contributed by atoms with E-state index in [1.807, 2.05) is 0 Å². The Bertz CT molecular complexity index is 184. The quantitative estimate of drug-likeness (QED) is 0.691. The summed E-state index contributed by atoms with van der Waals surface area (Å²) < 4.78 is 0. The van der Waals surface area contributed by atoms with Crippen LogP contribution >= 0.6 is 11.6 Å². The first-order valence-electron chi connectivity index (χ1n) is 4.67. The summed E-state index contributed by atoms with van der Waals surface area (Å²) in [4.78, 5) is 13.2. The third-order valence-corrected chi connectivity index (χ3v) is 2.85. The molecule has 0 aromatic heterocycles. The van der Waals surface area contributed by atoms with E-state index in [0.717, 1.165) is 6.42 Å². The SMILES string of the molecule is CN(C)[C@H]1CCC[C@@H]1NC(=O)CCl. The molecule has 0 heterocycles. The van der Waals surface area contributed by atoms with E-state index in [4.69, 9.17) is 11.6 Å². The van der Waals surface area contributed by atoms with E-state index in [1.165, 1.54) is 12.8 Å². The van der Waals surface area contributed by atoms with Gasteiger partial charge >= 0.3 is 0 Å². The van der Waals surface area contributed by atoms with Crippen molar-refractivity contribution in [3.05, 3.63) is 0 Å². The van der Waals surface area contributed by atoms with Crippen LogP contribution in [0.2, 0.25) is 0 Å². The van der Waals surface area contributed by atoms with Crippen molar-refractivity contribution < 1.29 is 4.79 Å². The van der Waals surface area contributed by atoms with Crippen molar-refractivity contribution in [2.75, 3.05) is 20.0 Å². The first-order valence-corrected chi connectivity index (χ1v) is 5.20. The van der Waals surface area contributed by atoms with Gasteiger partial charge in [-0.05, 0) is 33.4 Å². The van der Waals surface area contributed by atoms with Gasteiger partial charge < -0.3 is 10.2 Å². The molecule has 13 heavy (non-hydrogen) atoms. The third-order valence-electron chi connectivity index (χ3n) is 2.61. The highest BCUT2D eigenvalue weighted by atomic mass is 35.5. The fraction of sp³-hybridized carbons (Fsp3) is 0.889. The summed E-state index contributed by atoms with van der Waals surface area (Å²) in [6.07, 6.45) is 3.43. The predicted molar refractivity (Wildman–Crippen MR) is 54.0 cm³/mol. The molecule has 1 saturated carbocycles. The molecule has 0 radical (unpaired) electrons. The van der Waals surface area contributed by atoms with Crippen LogP contribution in [0.25, 0.3) is 0 Å². The Labute approximate surface area is 84.4 Å². The van der Waals surface area contributed by atoms with Crippen LogP contribution in [0.5, 0.6) is 0 Å². The predicted octanol–water partition coefficient (Wildman–Crippen LogP) is 0.824. The monoisotopic (exact) mass is 204 g/mol. The van der Waals surface area contributed by atoms with Gasteiger partial charge in [-0.3, -0.25) is 4.79 Å². The van der Waals surface area contributed by atoms with Crippen LogP contribution in [0, 0.1) is 0 Å². The van der Waals surface area contributed by atoms with Crippen LogP contribution in [-0.2, 0) is 4.79 Å².